The van der Waals surface area contributed by atoms with Gasteiger partial charge in [-0.25, -0.2) is 4.79 Å². The van der Waals surface area contributed by atoms with Crippen LogP contribution in [0.2, 0.25) is 0 Å². The molecule has 14 heavy (non-hydrogen) atoms. The van der Waals surface area contributed by atoms with Gasteiger partial charge in [0.1, 0.15) is 5.60 Å². The van der Waals surface area contributed by atoms with Gasteiger partial charge in [0.05, 0.1) is 6.61 Å². The first-order chi connectivity index (χ1) is 6.35. The van der Waals surface area contributed by atoms with Crippen LogP contribution >= 0.6 is 0 Å². The van der Waals surface area contributed by atoms with Crippen molar-refractivity contribution < 1.29 is 24.4 Å². The Bertz CT molecular complexity index is 217. The second kappa shape index (κ2) is 5.47. The van der Waals surface area contributed by atoms with Crippen LogP contribution in [-0.4, -0.2) is 35.9 Å². The molecule has 2 N–H and O–H groups in total. The fourth-order valence-electron chi connectivity index (χ4n) is 0.686. The van der Waals surface area contributed by atoms with Crippen LogP contribution in [0.1, 0.15) is 27.7 Å². The minimum absolute atomic E-state index is 0.101. The highest BCUT2D eigenvalue weighted by Gasteiger charge is 2.18. The third-order valence-corrected chi connectivity index (χ3v) is 1.09. The second-order valence-electron chi connectivity index (χ2n) is 3.68. The van der Waals surface area contributed by atoms with Crippen molar-refractivity contribution in [3.63, 3.8) is 0 Å². The normalized spacial score (nSPS) is 12.4. The van der Waals surface area contributed by atoms with Crippen LogP contribution < -0.4 is 4.99 Å². The molecule has 0 rings (SSSR count). The van der Waals surface area contributed by atoms with Crippen molar-refractivity contribution in [1.29, 1.82) is 0 Å². The van der Waals surface area contributed by atoms with Gasteiger partial charge in [-0.2, -0.15) is 4.99 Å². The van der Waals surface area contributed by atoms with E-state index < -0.39 is 11.6 Å². The smallest absolute Gasteiger partial charge is 0.461 e. The average molecular weight is 204 g/mol. The summed E-state index contributed by atoms with van der Waals surface area (Å²) in [6, 6.07) is 0. The number of rotatable bonds is 3. The summed E-state index contributed by atoms with van der Waals surface area (Å²) < 4.78 is 9.66. The highest BCUT2D eigenvalue weighted by atomic mass is 16.6. The average Bonchev–Trinajstić information content (AvgIpc) is 1.98. The Kier molecular flexibility index (Phi) is 4.97. The minimum atomic E-state index is -0.494. The third-order valence-electron chi connectivity index (χ3n) is 1.09. The summed E-state index contributed by atoms with van der Waals surface area (Å²) in [5.41, 5.74) is -0.494. The molecule has 0 saturated heterocycles. The number of hydrogen-bond donors (Lipinski definition) is 2. The van der Waals surface area contributed by atoms with E-state index in [-0.39, 0.29) is 12.6 Å². The molecule has 0 atom stereocenters. The summed E-state index contributed by atoms with van der Waals surface area (Å²) in [5, 5.41) is 9.18. The second-order valence-corrected chi connectivity index (χ2v) is 3.68. The van der Waals surface area contributed by atoms with Crippen molar-refractivity contribution in [2.45, 2.75) is 33.3 Å². The van der Waals surface area contributed by atoms with Crippen molar-refractivity contribution in [3.8, 4) is 0 Å². The van der Waals surface area contributed by atoms with Crippen molar-refractivity contribution in [2.75, 3.05) is 13.2 Å². The van der Waals surface area contributed by atoms with Gasteiger partial charge in [0, 0.05) is 0 Å². The minimum Gasteiger partial charge on any atom is -0.461 e. The van der Waals surface area contributed by atoms with Crippen LogP contribution in [0, 0.1) is 0 Å². The fourth-order valence-corrected chi connectivity index (χ4v) is 0.686. The quantitative estimate of drug-likeness (QED) is 0.364. The Morgan fingerprint density at radius 1 is 1.43 bits per heavy atom. The number of esters is 1. The predicted molar refractivity (Wildman–Crippen MR) is 50.9 cm³/mol. The van der Waals surface area contributed by atoms with Crippen LogP contribution in [0.4, 0.5) is 0 Å². The van der Waals surface area contributed by atoms with Crippen molar-refractivity contribution in [3.05, 3.63) is 0 Å². The Balaban J connectivity index is 3.94. The van der Waals surface area contributed by atoms with E-state index in [1.54, 1.807) is 27.7 Å². The molecule has 0 aromatic carbocycles. The van der Waals surface area contributed by atoms with E-state index in [4.69, 9.17) is 4.74 Å². The molecule has 0 unspecified atom stereocenters. The maximum Gasteiger partial charge on any atom is 0.546 e. The zero-order chi connectivity index (χ0) is 11.2. The number of carbonyl (C=O) groups excluding carboxylic acids is 1. The Labute approximate surface area is 83.7 Å². The Hall–Kier alpha value is -1.26. The SMILES string of the molecule is CCOC(=O)C[NH+]=C(O)OC(C)(C)C. The lowest BCUT2D eigenvalue weighted by Crippen LogP contribution is -2.76. The molecule has 0 amide bonds. The van der Waals surface area contributed by atoms with Crippen LogP contribution in [-0.2, 0) is 14.3 Å². The summed E-state index contributed by atoms with van der Waals surface area (Å²) in [4.78, 5) is 13.2. The Morgan fingerprint density at radius 2 is 2.00 bits per heavy atom. The molecule has 0 bridgehead atoms. The molecule has 0 spiro atoms. The lowest BCUT2D eigenvalue weighted by atomic mass is 10.2. The van der Waals surface area contributed by atoms with E-state index in [2.05, 4.69) is 9.73 Å². The lowest BCUT2D eigenvalue weighted by Gasteiger charge is -2.15. The zero-order valence-electron chi connectivity index (χ0n) is 9.09. The first-order valence-electron chi connectivity index (χ1n) is 4.49. The first-order valence-corrected chi connectivity index (χ1v) is 4.49. The highest BCUT2D eigenvalue weighted by molar-refractivity contribution is 5.71. The Morgan fingerprint density at radius 3 is 2.43 bits per heavy atom. The van der Waals surface area contributed by atoms with Crippen molar-refractivity contribution >= 4 is 12.1 Å². The third kappa shape index (κ3) is 7.39. The van der Waals surface area contributed by atoms with Crippen LogP contribution in [0.25, 0.3) is 0 Å². The van der Waals surface area contributed by atoms with Gasteiger partial charge in [0.25, 0.3) is 0 Å². The number of nitrogens with one attached hydrogen (secondary N) is 1. The van der Waals surface area contributed by atoms with E-state index in [1.807, 2.05) is 0 Å². The van der Waals surface area contributed by atoms with Gasteiger partial charge >= 0.3 is 12.1 Å². The maximum atomic E-state index is 10.8. The number of hydrogen-bond acceptors (Lipinski definition) is 3. The van der Waals surface area contributed by atoms with Gasteiger partial charge in [-0.3, -0.25) is 0 Å². The van der Waals surface area contributed by atoms with E-state index >= 15 is 0 Å². The molecule has 0 heterocycles. The van der Waals surface area contributed by atoms with Gasteiger partial charge in [-0.05, 0) is 27.7 Å². The number of ether oxygens (including phenoxy) is 2. The molecule has 0 aromatic heterocycles. The van der Waals surface area contributed by atoms with Gasteiger partial charge < -0.3 is 14.6 Å². The van der Waals surface area contributed by atoms with Gasteiger partial charge in [0.15, 0.2) is 0 Å². The maximum absolute atomic E-state index is 10.8. The van der Waals surface area contributed by atoms with E-state index in [9.17, 15) is 9.90 Å². The lowest BCUT2D eigenvalue weighted by molar-refractivity contribution is -0.471. The molecule has 0 saturated carbocycles. The van der Waals surface area contributed by atoms with Gasteiger partial charge in [0.2, 0.25) is 6.54 Å². The monoisotopic (exact) mass is 204 g/mol. The van der Waals surface area contributed by atoms with E-state index in [0.29, 0.717) is 6.61 Å². The molecule has 0 radical (unpaired) electrons. The number of aliphatic hydroxyl groups is 1. The van der Waals surface area contributed by atoms with Crippen LogP contribution in [0.3, 0.4) is 0 Å². The molecule has 0 aromatic rings. The summed E-state index contributed by atoms with van der Waals surface area (Å²) in [6.45, 7) is 7.30. The largest absolute Gasteiger partial charge is 0.546 e. The van der Waals surface area contributed by atoms with Gasteiger partial charge in [-0.15, -0.1) is 0 Å². The van der Waals surface area contributed by atoms with E-state index in [0.717, 1.165) is 0 Å². The van der Waals surface area contributed by atoms with Gasteiger partial charge in [-0.1, -0.05) is 0 Å². The number of carbonyl (C=O) groups is 1. The highest BCUT2D eigenvalue weighted by Crippen LogP contribution is 2.04. The molecule has 0 aliphatic carbocycles. The molecule has 0 aliphatic heterocycles. The van der Waals surface area contributed by atoms with Crippen LogP contribution in [0.15, 0.2) is 0 Å². The molecule has 5 heteroatoms. The molecule has 5 nitrogen and oxygen atoms in total. The molecule has 0 aliphatic rings. The fraction of sp³-hybridized carbons (Fsp3) is 0.778. The van der Waals surface area contributed by atoms with E-state index in [1.165, 1.54) is 0 Å². The summed E-state index contributed by atoms with van der Waals surface area (Å²) in [6.07, 6.45) is -0.370. The van der Waals surface area contributed by atoms with Crippen LogP contribution in [0.5, 0.6) is 0 Å². The summed E-state index contributed by atoms with van der Waals surface area (Å²) in [5.74, 6) is -0.434. The first kappa shape index (κ1) is 12.7. The predicted octanol–water partition coefficient (Wildman–Crippen LogP) is -0.641. The van der Waals surface area contributed by atoms with Crippen molar-refractivity contribution in [2.24, 2.45) is 0 Å². The van der Waals surface area contributed by atoms with Crippen molar-refractivity contribution in [1.82, 2.24) is 0 Å². The summed E-state index contributed by atoms with van der Waals surface area (Å²) >= 11 is 0. The molecule has 0 fully saturated rings. The topological polar surface area (TPSA) is 69.7 Å². The number of aliphatic hydroxyl groups excluding tert-OH is 1. The molecular weight excluding hydrogens is 186 g/mol. The molecule has 82 valence electrons. The zero-order valence-corrected chi connectivity index (χ0v) is 9.09. The standard InChI is InChI=1S/C9H17NO4/c1-5-13-7(11)6-10-8(12)14-9(2,3)4/h5-6H2,1-4H3,(H,10,12)/p+1. The summed E-state index contributed by atoms with van der Waals surface area (Å²) in [7, 11) is 0. The molecular formula is C9H18NO4+.